The van der Waals surface area contributed by atoms with Crippen molar-refractivity contribution in [2.75, 3.05) is 18.9 Å². The summed E-state index contributed by atoms with van der Waals surface area (Å²) in [4.78, 5) is 39.6. The smallest absolute Gasteiger partial charge is 0.268 e. The van der Waals surface area contributed by atoms with Crippen LogP contribution in [-0.4, -0.2) is 40.8 Å². The van der Waals surface area contributed by atoms with Crippen LogP contribution >= 0.6 is 0 Å². The van der Waals surface area contributed by atoms with Gasteiger partial charge in [-0.15, -0.1) is 0 Å². The average molecular weight is 496 g/mol. The molecule has 188 valence electrons. The molecule has 1 aliphatic rings. The molecule has 4 N–H and O–H groups in total. The molecule has 0 atom stereocenters. The van der Waals surface area contributed by atoms with E-state index in [9.17, 15) is 14.4 Å². The van der Waals surface area contributed by atoms with Gasteiger partial charge in [0.15, 0.2) is 0 Å². The molecule has 0 bridgehead atoms. The molecule has 0 saturated heterocycles. The first-order valence-electron chi connectivity index (χ1n) is 12.2. The molecular formula is C29H29N5O3. The van der Waals surface area contributed by atoms with Gasteiger partial charge < -0.3 is 25.8 Å². The van der Waals surface area contributed by atoms with E-state index in [1.165, 1.54) is 11.1 Å². The minimum Gasteiger partial charge on any atom is -0.366 e. The molecule has 0 unspecified atom stereocenters. The second kappa shape index (κ2) is 9.91. The number of nitrogens with two attached hydrogens (primary N) is 1. The van der Waals surface area contributed by atoms with Crippen molar-refractivity contribution in [2.45, 2.75) is 19.5 Å². The van der Waals surface area contributed by atoms with Gasteiger partial charge in [0.25, 0.3) is 11.8 Å². The third kappa shape index (κ3) is 5.10. The lowest BCUT2D eigenvalue weighted by Crippen LogP contribution is -2.26. The molecule has 2 heterocycles. The fraction of sp³-hybridized carbons (Fsp3) is 0.207. The number of primary amides is 1. The van der Waals surface area contributed by atoms with E-state index in [1.807, 2.05) is 18.2 Å². The molecule has 37 heavy (non-hydrogen) atoms. The van der Waals surface area contributed by atoms with Gasteiger partial charge in [0.2, 0.25) is 5.91 Å². The van der Waals surface area contributed by atoms with Crippen LogP contribution in [0.5, 0.6) is 0 Å². The Labute approximate surface area is 215 Å². The largest absolute Gasteiger partial charge is 0.366 e. The van der Waals surface area contributed by atoms with Crippen molar-refractivity contribution in [3.8, 4) is 0 Å². The van der Waals surface area contributed by atoms with Crippen molar-refractivity contribution in [3.63, 3.8) is 0 Å². The molecule has 0 aliphatic carbocycles. The standard InChI is InChI=1S/C29H29N5O3/c1-33-11-10-19-8-9-24(13-23(19)17-33)32-28(36)22-5-3-4-18(12-22)16-31-29(37)26-14-20-6-7-21(27(30)35)15-25(20)34(26)2/h3-9,12-15H,10-11,16-17H2,1-2H3,(H2,30,35)(H,31,37)(H,32,36). The maximum atomic E-state index is 12.9. The van der Waals surface area contributed by atoms with Crippen LogP contribution in [0.4, 0.5) is 5.69 Å². The molecule has 0 spiro atoms. The van der Waals surface area contributed by atoms with Crippen molar-refractivity contribution in [1.82, 2.24) is 14.8 Å². The lowest BCUT2D eigenvalue weighted by atomic mass is 9.99. The first-order chi connectivity index (χ1) is 17.8. The first-order valence-corrected chi connectivity index (χ1v) is 12.2. The van der Waals surface area contributed by atoms with Crippen LogP contribution in [0.1, 0.15) is 47.9 Å². The van der Waals surface area contributed by atoms with Crippen LogP contribution in [0, 0.1) is 0 Å². The maximum absolute atomic E-state index is 12.9. The van der Waals surface area contributed by atoms with Gasteiger partial charge in [0.05, 0.1) is 0 Å². The zero-order valence-corrected chi connectivity index (χ0v) is 20.9. The number of benzene rings is 3. The Morgan fingerprint density at radius 1 is 0.892 bits per heavy atom. The summed E-state index contributed by atoms with van der Waals surface area (Å²) < 4.78 is 1.73. The highest BCUT2D eigenvalue weighted by molar-refractivity contribution is 6.04. The van der Waals surface area contributed by atoms with E-state index in [2.05, 4.69) is 28.6 Å². The van der Waals surface area contributed by atoms with Crippen LogP contribution < -0.4 is 16.4 Å². The lowest BCUT2D eigenvalue weighted by Gasteiger charge is -2.25. The van der Waals surface area contributed by atoms with Gasteiger partial charge in [-0.3, -0.25) is 14.4 Å². The lowest BCUT2D eigenvalue weighted by molar-refractivity contribution is 0.0942. The Morgan fingerprint density at radius 3 is 2.54 bits per heavy atom. The van der Waals surface area contributed by atoms with Crippen molar-refractivity contribution in [3.05, 3.63) is 100 Å². The summed E-state index contributed by atoms with van der Waals surface area (Å²) in [5, 5.41) is 6.75. The minimum atomic E-state index is -0.516. The monoisotopic (exact) mass is 495 g/mol. The van der Waals surface area contributed by atoms with Crippen molar-refractivity contribution in [1.29, 1.82) is 0 Å². The van der Waals surface area contributed by atoms with Gasteiger partial charge in [-0.1, -0.05) is 24.3 Å². The number of anilines is 1. The van der Waals surface area contributed by atoms with Crippen molar-refractivity contribution in [2.24, 2.45) is 12.8 Å². The highest BCUT2D eigenvalue weighted by Crippen LogP contribution is 2.23. The normalized spacial score (nSPS) is 13.2. The molecule has 0 radical (unpaired) electrons. The van der Waals surface area contributed by atoms with Crippen LogP contribution in [0.15, 0.2) is 66.7 Å². The summed E-state index contributed by atoms with van der Waals surface area (Å²) >= 11 is 0. The van der Waals surface area contributed by atoms with Gasteiger partial charge >= 0.3 is 0 Å². The molecule has 1 aliphatic heterocycles. The van der Waals surface area contributed by atoms with E-state index in [-0.39, 0.29) is 18.4 Å². The summed E-state index contributed by atoms with van der Waals surface area (Å²) in [5.74, 6) is -0.971. The Hall–Kier alpha value is -4.43. The van der Waals surface area contributed by atoms with Crippen LogP contribution in [-0.2, 0) is 26.6 Å². The van der Waals surface area contributed by atoms with E-state index in [0.29, 0.717) is 16.8 Å². The Kier molecular flexibility index (Phi) is 6.50. The van der Waals surface area contributed by atoms with Crippen LogP contribution in [0.3, 0.4) is 0 Å². The molecular weight excluding hydrogens is 466 g/mol. The number of carbonyl (C=O) groups is 3. The number of hydrogen-bond acceptors (Lipinski definition) is 4. The molecule has 1 aromatic heterocycles. The summed E-state index contributed by atoms with van der Waals surface area (Å²) in [7, 11) is 3.87. The average Bonchev–Trinajstić information content (AvgIpc) is 3.23. The Balaban J connectivity index is 1.26. The molecule has 4 aromatic rings. The fourth-order valence-corrected chi connectivity index (χ4v) is 4.78. The number of rotatable bonds is 6. The number of likely N-dealkylation sites (N-methyl/N-ethyl adjacent to an activating group) is 1. The second-order valence-corrected chi connectivity index (χ2v) is 9.53. The highest BCUT2D eigenvalue weighted by Gasteiger charge is 2.16. The molecule has 3 amide bonds. The van der Waals surface area contributed by atoms with E-state index in [4.69, 9.17) is 5.73 Å². The molecule has 8 heteroatoms. The van der Waals surface area contributed by atoms with Gasteiger partial charge in [0, 0.05) is 54.4 Å². The Bertz CT molecular complexity index is 1540. The SMILES string of the molecule is CN1CCc2ccc(NC(=O)c3cccc(CNC(=O)c4cc5ccc(C(N)=O)cc5n4C)c3)cc2C1. The van der Waals surface area contributed by atoms with Gasteiger partial charge in [-0.05, 0) is 72.6 Å². The fourth-order valence-electron chi connectivity index (χ4n) is 4.78. The molecule has 0 saturated carbocycles. The Morgan fingerprint density at radius 2 is 1.73 bits per heavy atom. The molecule has 3 aromatic carbocycles. The molecule has 8 nitrogen and oxygen atoms in total. The number of carbonyl (C=O) groups excluding carboxylic acids is 3. The summed E-state index contributed by atoms with van der Waals surface area (Å²) in [6.07, 6.45) is 1.01. The third-order valence-corrected chi connectivity index (χ3v) is 6.87. The zero-order valence-electron chi connectivity index (χ0n) is 20.9. The first kappa shape index (κ1) is 24.3. The number of fused-ring (bicyclic) bond motifs is 2. The predicted molar refractivity (Wildman–Crippen MR) is 143 cm³/mol. The number of amides is 3. The van der Waals surface area contributed by atoms with Gasteiger partial charge in [-0.2, -0.15) is 0 Å². The summed E-state index contributed by atoms with van der Waals surface area (Å²) in [6, 6.07) is 20.2. The summed E-state index contributed by atoms with van der Waals surface area (Å²) in [6.45, 7) is 2.18. The predicted octanol–water partition coefficient (Wildman–Crippen LogP) is 3.45. The second-order valence-electron chi connectivity index (χ2n) is 9.53. The van der Waals surface area contributed by atoms with Crippen LogP contribution in [0.25, 0.3) is 10.9 Å². The highest BCUT2D eigenvalue weighted by atomic mass is 16.2. The van der Waals surface area contributed by atoms with Crippen LogP contribution in [0.2, 0.25) is 0 Å². The van der Waals surface area contributed by atoms with Crippen molar-refractivity contribution >= 4 is 34.3 Å². The molecule has 5 rings (SSSR count). The maximum Gasteiger partial charge on any atom is 0.268 e. The van der Waals surface area contributed by atoms with E-state index >= 15 is 0 Å². The number of aromatic nitrogens is 1. The number of nitrogens with zero attached hydrogens (tertiary/aromatic N) is 2. The van der Waals surface area contributed by atoms with E-state index < -0.39 is 5.91 Å². The third-order valence-electron chi connectivity index (χ3n) is 6.87. The molecule has 0 fully saturated rings. The van der Waals surface area contributed by atoms with E-state index in [1.54, 1.807) is 54.1 Å². The number of hydrogen-bond donors (Lipinski definition) is 3. The number of aryl methyl sites for hydroxylation is 1. The van der Waals surface area contributed by atoms with Gasteiger partial charge in [0.1, 0.15) is 5.69 Å². The quantitative estimate of drug-likeness (QED) is 0.381. The van der Waals surface area contributed by atoms with Crippen molar-refractivity contribution < 1.29 is 14.4 Å². The zero-order chi connectivity index (χ0) is 26.1. The van der Waals surface area contributed by atoms with E-state index in [0.717, 1.165) is 41.7 Å². The topological polar surface area (TPSA) is 109 Å². The number of nitrogens with one attached hydrogen (secondary N) is 2. The van der Waals surface area contributed by atoms with Gasteiger partial charge in [-0.25, -0.2) is 0 Å². The summed E-state index contributed by atoms with van der Waals surface area (Å²) in [5.41, 5.74) is 11.6. The minimum absolute atomic E-state index is 0.198.